The van der Waals surface area contributed by atoms with Gasteiger partial charge in [-0.25, -0.2) is 0 Å². The summed E-state index contributed by atoms with van der Waals surface area (Å²) in [6.07, 6.45) is 1.64. The molecule has 1 saturated heterocycles. The van der Waals surface area contributed by atoms with Crippen LogP contribution >= 0.6 is 27.7 Å². The molecule has 0 unspecified atom stereocenters. The summed E-state index contributed by atoms with van der Waals surface area (Å²) in [5.74, 6) is 0.272. The van der Waals surface area contributed by atoms with E-state index in [2.05, 4.69) is 15.9 Å². The van der Waals surface area contributed by atoms with Gasteiger partial charge in [0, 0.05) is 12.1 Å². The molecule has 2 aromatic rings. The van der Waals surface area contributed by atoms with Crippen LogP contribution in [0.4, 0.5) is 10.5 Å². The number of carbonyl (C=O) groups excluding carboxylic acids is 2. The van der Waals surface area contributed by atoms with Gasteiger partial charge in [0.25, 0.3) is 16.8 Å². The second-order valence-corrected chi connectivity index (χ2v) is 7.43. The Labute approximate surface area is 167 Å². The average molecular weight is 449 g/mol. The first-order chi connectivity index (χ1) is 12.9. The van der Waals surface area contributed by atoms with Crippen molar-refractivity contribution >= 4 is 50.6 Å². The van der Waals surface area contributed by atoms with Gasteiger partial charge in [0.1, 0.15) is 5.75 Å². The number of hydrogen-bond acceptors (Lipinski definition) is 6. The largest absolute Gasteiger partial charge is 0.496 e. The number of nitrogens with zero attached hydrogens (tertiary/aromatic N) is 2. The lowest BCUT2D eigenvalue weighted by Crippen LogP contribution is -2.27. The number of thioether (sulfide) groups is 1. The summed E-state index contributed by atoms with van der Waals surface area (Å²) in [6, 6.07) is 11.1. The Morgan fingerprint density at radius 2 is 1.93 bits per heavy atom. The Balaban J connectivity index is 1.78. The number of carbonyl (C=O) groups is 2. The van der Waals surface area contributed by atoms with Gasteiger partial charge in [-0.2, -0.15) is 0 Å². The molecule has 138 valence electrons. The molecular weight excluding hydrogens is 436 g/mol. The molecule has 2 aromatic carbocycles. The van der Waals surface area contributed by atoms with Crippen LogP contribution in [-0.4, -0.2) is 28.1 Å². The zero-order valence-electron chi connectivity index (χ0n) is 14.0. The van der Waals surface area contributed by atoms with E-state index < -0.39 is 10.8 Å². The predicted molar refractivity (Wildman–Crippen MR) is 105 cm³/mol. The standard InChI is InChI=1S/C18H13BrN2O5S/c1-26-15-7-4-12(8-14(15)19)9-16-17(22)20(18(23)27-16)10-11-2-5-13(6-3-11)21(24)25/h2-9H,10H2,1H3/b16-9+. The lowest BCUT2D eigenvalue weighted by molar-refractivity contribution is -0.384. The molecule has 0 spiro atoms. The summed E-state index contributed by atoms with van der Waals surface area (Å²) in [5, 5.41) is 10.3. The van der Waals surface area contributed by atoms with Crippen LogP contribution in [0, 0.1) is 10.1 Å². The van der Waals surface area contributed by atoms with Crippen LogP contribution in [0.2, 0.25) is 0 Å². The van der Waals surface area contributed by atoms with Gasteiger partial charge in [0.15, 0.2) is 0 Å². The zero-order chi connectivity index (χ0) is 19.6. The lowest BCUT2D eigenvalue weighted by atomic mass is 10.2. The van der Waals surface area contributed by atoms with Gasteiger partial charge in [-0.1, -0.05) is 18.2 Å². The van der Waals surface area contributed by atoms with Gasteiger partial charge in [-0.3, -0.25) is 24.6 Å². The molecule has 27 heavy (non-hydrogen) atoms. The Morgan fingerprint density at radius 3 is 2.52 bits per heavy atom. The summed E-state index contributed by atoms with van der Waals surface area (Å²) in [6.45, 7) is 0.0618. The summed E-state index contributed by atoms with van der Waals surface area (Å²) in [4.78, 5) is 36.4. The van der Waals surface area contributed by atoms with E-state index in [0.717, 1.165) is 26.7 Å². The Bertz CT molecular complexity index is 959. The number of amides is 2. The fourth-order valence-electron chi connectivity index (χ4n) is 2.47. The molecule has 7 nitrogen and oxygen atoms in total. The third-order valence-electron chi connectivity index (χ3n) is 3.84. The first-order valence-corrected chi connectivity index (χ1v) is 9.32. The molecule has 0 saturated carbocycles. The number of imide groups is 1. The number of nitro benzene ring substituents is 1. The number of hydrogen-bond donors (Lipinski definition) is 0. The molecule has 3 rings (SSSR count). The molecule has 0 atom stereocenters. The second-order valence-electron chi connectivity index (χ2n) is 5.59. The lowest BCUT2D eigenvalue weighted by Gasteiger charge is -2.12. The van der Waals surface area contributed by atoms with Gasteiger partial charge in [0.05, 0.1) is 28.0 Å². The van der Waals surface area contributed by atoms with Crippen LogP contribution in [0.15, 0.2) is 51.8 Å². The molecular formula is C18H13BrN2O5S. The smallest absolute Gasteiger partial charge is 0.293 e. The minimum atomic E-state index is -0.500. The maximum atomic E-state index is 12.6. The monoisotopic (exact) mass is 448 g/mol. The maximum absolute atomic E-state index is 12.6. The van der Waals surface area contributed by atoms with E-state index in [9.17, 15) is 19.7 Å². The number of ether oxygens (including phenoxy) is 1. The van der Waals surface area contributed by atoms with Crippen molar-refractivity contribution in [2.75, 3.05) is 7.11 Å². The quantitative estimate of drug-likeness (QED) is 0.377. The van der Waals surface area contributed by atoms with Crippen molar-refractivity contribution in [1.82, 2.24) is 4.90 Å². The highest BCUT2D eigenvalue weighted by atomic mass is 79.9. The summed E-state index contributed by atoms with van der Waals surface area (Å²) < 4.78 is 5.91. The van der Waals surface area contributed by atoms with Crippen molar-refractivity contribution in [3.8, 4) is 5.75 Å². The molecule has 1 aliphatic rings. The van der Waals surface area contributed by atoms with E-state index in [1.807, 2.05) is 0 Å². The summed E-state index contributed by atoms with van der Waals surface area (Å²) >= 11 is 4.25. The number of non-ortho nitro benzene ring substituents is 1. The first kappa shape index (κ1) is 19.1. The number of methoxy groups -OCH3 is 1. The summed E-state index contributed by atoms with van der Waals surface area (Å²) in [5.41, 5.74) is 1.35. The molecule has 0 aliphatic carbocycles. The Morgan fingerprint density at radius 1 is 1.22 bits per heavy atom. The van der Waals surface area contributed by atoms with Crippen molar-refractivity contribution in [2.45, 2.75) is 6.54 Å². The maximum Gasteiger partial charge on any atom is 0.293 e. The van der Waals surface area contributed by atoms with Crippen LogP contribution in [0.3, 0.4) is 0 Å². The van der Waals surface area contributed by atoms with E-state index in [0.29, 0.717) is 16.2 Å². The molecule has 1 aliphatic heterocycles. The molecule has 1 fully saturated rings. The highest BCUT2D eigenvalue weighted by Gasteiger charge is 2.35. The Kier molecular flexibility index (Phi) is 5.62. The molecule has 0 bridgehead atoms. The topological polar surface area (TPSA) is 89.8 Å². The van der Waals surface area contributed by atoms with Crippen molar-refractivity contribution in [2.24, 2.45) is 0 Å². The first-order valence-electron chi connectivity index (χ1n) is 7.71. The van der Waals surface area contributed by atoms with E-state index in [1.54, 1.807) is 31.4 Å². The molecule has 2 amide bonds. The minimum Gasteiger partial charge on any atom is -0.496 e. The SMILES string of the molecule is COc1ccc(/C=C2/SC(=O)N(Cc3ccc([N+](=O)[O-])cc3)C2=O)cc1Br. The predicted octanol–water partition coefficient (Wildman–Crippen LogP) is 4.60. The number of halogens is 1. The van der Waals surface area contributed by atoms with Gasteiger partial charge in [0.2, 0.25) is 0 Å². The third-order valence-corrected chi connectivity index (χ3v) is 5.36. The van der Waals surface area contributed by atoms with Crippen LogP contribution in [0.25, 0.3) is 6.08 Å². The summed E-state index contributed by atoms with van der Waals surface area (Å²) in [7, 11) is 1.56. The van der Waals surface area contributed by atoms with Crippen LogP contribution < -0.4 is 4.74 Å². The third kappa shape index (κ3) is 4.20. The van der Waals surface area contributed by atoms with Crippen molar-refractivity contribution < 1.29 is 19.2 Å². The van der Waals surface area contributed by atoms with Crippen LogP contribution in [-0.2, 0) is 11.3 Å². The fraction of sp³-hybridized carbons (Fsp3) is 0.111. The zero-order valence-corrected chi connectivity index (χ0v) is 16.5. The minimum absolute atomic E-state index is 0.0436. The van der Waals surface area contributed by atoms with Gasteiger partial charge < -0.3 is 4.74 Å². The number of nitro groups is 1. The Hall–Kier alpha value is -2.65. The van der Waals surface area contributed by atoms with Gasteiger partial charge >= 0.3 is 0 Å². The molecule has 0 aromatic heterocycles. The van der Waals surface area contributed by atoms with E-state index in [-0.39, 0.29) is 17.5 Å². The van der Waals surface area contributed by atoms with Gasteiger partial charge in [-0.15, -0.1) is 0 Å². The van der Waals surface area contributed by atoms with Crippen molar-refractivity contribution in [1.29, 1.82) is 0 Å². The van der Waals surface area contributed by atoms with Crippen molar-refractivity contribution in [3.05, 3.63) is 73.1 Å². The molecule has 0 radical (unpaired) electrons. The van der Waals surface area contributed by atoms with Gasteiger partial charge in [-0.05, 0) is 57.0 Å². The number of rotatable bonds is 5. The fourth-order valence-corrected chi connectivity index (χ4v) is 3.86. The van der Waals surface area contributed by atoms with E-state index in [1.165, 1.54) is 24.3 Å². The average Bonchev–Trinajstić information content (AvgIpc) is 2.90. The normalized spacial score (nSPS) is 15.5. The second kappa shape index (κ2) is 7.93. The molecule has 0 N–H and O–H groups in total. The highest BCUT2D eigenvalue weighted by molar-refractivity contribution is 9.10. The molecule has 9 heteroatoms. The van der Waals surface area contributed by atoms with Crippen molar-refractivity contribution in [3.63, 3.8) is 0 Å². The highest BCUT2D eigenvalue weighted by Crippen LogP contribution is 2.34. The molecule has 1 heterocycles. The van der Waals surface area contributed by atoms with E-state index in [4.69, 9.17) is 4.74 Å². The van der Waals surface area contributed by atoms with E-state index >= 15 is 0 Å². The number of benzene rings is 2. The van der Waals surface area contributed by atoms with Crippen LogP contribution in [0.5, 0.6) is 5.75 Å². The van der Waals surface area contributed by atoms with Crippen LogP contribution in [0.1, 0.15) is 11.1 Å².